The van der Waals surface area contributed by atoms with Gasteiger partial charge in [-0.05, 0) is 30.5 Å². The van der Waals surface area contributed by atoms with E-state index in [0.29, 0.717) is 18.4 Å². The molecule has 0 spiro atoms. The Bertz CT molecular complexity index is 828. The predicted octanol–water partition coefficient (Wildman–Crippen LogP) is 2.91. The van der Waals surface area contributed by atoms with Crippen LogP contribution in [-0.2, 0) is 6.54 Å². The molecule has 1 aromatic heterocycles. The average molecular weight is 387 g/mol. The van der Waals surface area contributed by atoms with Crippen LogP contribution in [0.5, 0.6) is 0 Å². The molecule has 2 aliphatic heterocycles. The first-order valence-electron chi connectivity index (χ1n) is 8.31. The van der Waals surface area contributed by atoms with Crippen molar-refractivity contribution in [1.29, 1.82) is 0 Å². The molecule has 1 saturated heterocycles. The van der Waals surface area contributed by atoms with Crippen LogP contribution in [0.2, 0.25) is 0 Å². The number of nitrogens with zero attached hydrogens (tertiary/aromatic N) is 2. The molecule has 2 atom stereocenters. The Morgan fingerprint density at radius 2 is 1.88 bits per heavy atom. The lowest BCUT2D eigenvalue weighted by molar-refractivity contribution is 0.0817. The van der Waals surface area contributed by atoms with E-state index in [2.05, 4.69) is 26.9 Å². The van der Waals surface area contributed by atoms with Gasteiger partial charge in [0.25, 0.3) is 5.56 Å². The van der Waals surface area contributed by atoms with Gasteiger partial charge in [-0.15, -0.1) is 0 Å². The Hall–Kier alpha value is -1.72. The summed E-state index contributed by atoms with van der Waals surface area (Å²) in [5.74, 6) is 0.964. The highest BCUT2D eigenvalue weighted by Crippen LogP contribution is 2.34. The molecule has 0 aliphatic carbocycles. The van der Waals surface area contributed by atoms with Gasteiger partial charge in [0.05, 0.1) is 6.54 Å². The minimum atomic E-state index is 0.0987. The van der Waals surface area contributed by atoms with Crippen LogP contribution >= 0.6 is 15.9 Å². The Morgan fingerprint density at radius 3 is 2.67 bits per heavy atom. The summed E-state index contributed by atoms with van der Waals surface area (Å²) < 4.78 is 2.90. The Morgan fingerprint density at radius 1 is 1.08 bits per heavy atom. The van der Waals surface area contributed by atoms with Crippen molar-refractivity contribution >= 4 is 21.7 Å². The molecular formula is C19H19BrN2O2. The molecule has 24 heavy (non-hydrogen) atoms. The highest BCUT2D eigenvalue weighted by molar-refractivity contribution is 9.10. The third-order valence-corrected chi connectivity index (χ3v) is 5.62. The van der Waals surface area contributed by atoms with Gasteiger partial charge >= 0.3 is 0 Å². The number of piperidine rings is 1. The number of hydrogen-bond acceptors (Lipinski definition) is 3. The summed E-state index contributed by atoms with van der Waals surface area (Å²) in [5, 5.41) is 0. The van der Waals surface area contributed by atoms with Crippen LogP contribution in [-0.4, -0.2) is 34.9 Å². The molecule has 0 amide bonds. The number of carbonyl (C=O) groups is 1. The number of fused-ring (bicyclic) bond motifs is 4. The van der Waals surface area contributed by atoms with E-state index in [1.165, 1.54) is 0 Å². The lowest BCUT2D eigenvalue weighted by Crippen LogP contribution is -2.48. The Balaban J connectivity index is 1.51. The van der Waals surface area contributed by atoms with Crippen LogP contribution in [0.1, 0.15) is 28.4 Å². The summed E-state index contributed by atoms with van der Waals surface area (Å²) >= 11 is 3.40. The predicted molar refractivity (Wildman–Crippen MR) is 96.5 cm³/mol. The maximum atomic E-state index is 12.5. The normalized spacial score (nSPS) is 22.9. The number of pyridine rings is 1. The van der Waals surface area contributed by atoms with Gasteiger partial charge in [-0.3, -0.25) is 14.5 Å². The molecule has 0 N–H and O–H groups in total. The van der Waals surface area contributed by atoms with Gasteiger partial charge in [-0.1, -0.05) is 34.1 Å². The molecule has 0 unspecified atom stereocenters. The van der Waals surface area contributed by atoms with Gasteiger partial charge in [0.1, 0.15) is 0 Å². The summed E-state index contributed by atoms with van der Waals surface area (Å²) in [7, 11) is 0. The number of Topliss-reactive ketones (excluding diaryl/α,β-unsaturated/α-hetero) is 1. The molecule has 2 aromatic rings. The maximum Gasteiger partial charge on any atom is 0.250 e. The summed E-state index contributed by atoms with van der Waals surface area (Å²) in [5.41, 5.74) is 1.98. The molecule has 4 rings (SSSR count). The lowest BCUT2D eigenvalue weighted by atomic mass is 9.83. The first kappa shape index (κ1) is 15.8. The highest BCUT2D eigenvalue weighted by atomic mass is 79.9. The standard InChI is InChI=1S/C19H19BrN2O2/c20-16-6-4-14(5-7-16)18(23)12-21-9-13-8-15(11-21)17-2-1-3-19(24)22(17)10-13/h1-7,13,15H,8-12H2/t13-,15+/m0/s1. The zero-order valence-corrected chi connectivity index (χ0v) is 14.9. The fourth-order valence-corrected chi connectivity index (χ4v) is 4.32. The molecule has 3 heterocycles. The monoisotopic (exact) mass is 386 g/mol. The van der Waals surface area contributed by atoms with Crippen LogP contribution in [0.3, 0.4) is 0 Å². The molecule has 0 saturated carbocycles. The summed E-state index contributed by atoms with van der Waals surface area (Å²) in [6.45, 7) is 2.96. The molecular weight excluding hydrogens is 368 g/mol. The van der Waals surface area contributed by atoms with E-state index in [0.717, 1.165) is 41.8 Å². The van der Waals surface area contributed by atoms with Crippen molar-refractivity contribution in [2.24, 2.45) is 5.92 Å². The number of aromatic nitrogens is 1. The molecule has 4 nitrogen and oxygen atoms in total. The van der Waals surface area contributed by atoms with E-state index in [9.17, 15) is 9.59 Å². The second-order valence-electron chi connectivity index (χ2n) is 6.82. The maximum absolute atomic E-state index is 12.5. The van der Waals surface area contributed by atoms with Crippen molar-refractivity contribution in [2.45, 2.75) is 18.9 Å². The van der Waals surface area contributed by atoms with E-state index < -0.39 is 0 Å². The molecule has 5 heteroatoms. The quantitative estimate of drug-likeness (QED) is 0.761. The zero-order valence-electron chi connectivity index (χ0n) is 13.3. The van der Waals surface area contributed by atoms with Crippen LogP contribution in [0.4, 0.5) is 0 Å². The fraction of sp³-hybridized carbons (Fsp3) is 0.368. The van der Waals surface area contributed by atoms with E-state index in [1.807, 2.05) is 34.9 Å². The lowest BCUT2D eigenvalue weighted by Gasteiger charge is -2.42. The first-order valence-corrected chi connectivity index (χ1v) is 9.10. The van der Waals surface area contributed by atoms with Gasteiger partial charge < -0.3 is 4.57 Å². The number of hydrogen-bond donors (Lipinski definition) is 0. The fourth-order valence-electron chi connectivity index (χ4n) is 4.05. The second-order valence-corrected chi connectivity index (χ2v) is 7.74. The van der Waals surface area contributed by atoms with Crippen molar-refractivity contribution in [3.63, 3.8) is 0 Å². The number of likely N-dealkylation sites (tertiary alicyclic amines) is 1. The van der Waals surface area contributed by atoms with Crippen molar-refractivity contribution in [2.75, 3.05) is 19.6 Å². The highest BCUT2D eigenvalue weighted by Gasteiger charge is 2.34. The summed E-state index contributed by atoms with van der Waals surface area (Å²) in [6, 6.07) is 13.1. The summed E-state index contributed by atoms with van der Waals surface area (Å²) in [4.78, 5) is 26.8. The van der Waals surface area contributed by atoms with Gasteiger partial charge in [-0.2, -0.15) is 0 Å². The third-order valence-electron chi connectivity index (χ3n) is 5.09. The molecule has 2 aliphatic rings. The topological polar surface area (TPSA) is 42.3 Å². The SMILES string of the molecule is O=C(CN1C[C@@H]2C[C@H](C1)c1cccc(=O)n1C2)c1ccc(Br)cc1. The van der Waals surface area contributed by atoms with Crippen LogP contribution in [0.15, 0.2) is 51.7 Å². The third kappa shape index (κ3) is 2.98. The first-order chi connectivity index (χ1) is 11.6. The zero-order chi connectivity index (χ0) is 16.7. The average Bonchev–Trinajstić information content (AvgIpc) is 2.56. The number of ketones is 1. The van der Waals surface area contributed by atoms with E-state index >= 15 is 0 Å². The number of benzene rings is 1. The van der Waals surface area contributed by atoms with Crippen molar-refractivity contribution in [1.82, 2.24) is 9.47 Å². The van der Waals surface area contributed by atoms with Crippen LogP contribution in [0.25, 0.3) is 0 Å². The van der Waals surface area contributed by atoms with Crippen molar-refractivity contribution < 1.29 is 4.79 Å². The van der Waals surface area contributed by atoms with E-state index in [-0.39, 0.29) is 11.3 Å². The van der Waals surface area contributed by atoms with Crippen LogP contribution in [0, 0.1) is 5.92 Å². The van der Waals surface area contributed by atoms with Gasteiger partial charge in [0, 0.05) is 47.3 Å². The van der Waals surface area contributed by atoms with E-state index in [1.54, 1.807) is 6.07 Å². The second kappa shape index (κ2) is 6.30. The largest absolute Gasteiger partial charge is 0.312 e. The summed E-state index contributed by atoms with van der Waals surface area (Å²) in [6.07, 6.45) is 1.12. The minimum Gasteiger partial charge on any atom is -0.312 e. The smallest absolute Gasteiger partial charge is 0.250 e. The van der Waals surface area contributed by atoms with Gasteiger partial charge in [0.15, 0.2) is 5.78 Å². The van der Waals surface area contributed by atoms with Crippen molar-refractivity contribution in [3.8, 4) is 0 Å². The van der Waals surface area contributed by atoms with Crippen molar-refractivity contribution in [3.05, 3.63) is 68.5 Å². The Labute approximate surface area is 149 Å². The van der Waals surface area contributed by atoms with Crippen LogP contribution < -0.4 is 5.56 Å². The van der Waals surface area contributed by atoms with Gasteiger partial charge in [-0.25, -0.2) is 0 Å². The van der Waals surface area contributed by atoms with E-state index in [4.69, 9.17) is 0 Å². The molecule has 2 bridgehead atoms. The van der Waals surface area contributed by atoms with Gasteiger partial charge in [0.2, 0.25) is 0 Å². The number of carbonyl (C=O) groups excluding carboxylic acids is 1. The molecule has 0 radical (unpaired) electrons. The number of rotatable bonds is 3. The minimum absolute atomic E-state index is 0.0987. The molecule has 1 fully saturated rings. The number of halogens is 1. The molecule has 1 aromatic carbocycles. The molecule has 124 valence electrons. The Kier molecular flexibility index (Phi) is 4.14.